The van der Waals surface area contributed by atoms with Crippen molar-refractivity contribution >= 4 is 38.8 Å². The molecule has 114 valence electrons. The van der Waals surface area contributed by atoms with Crippen molar-refractivity contribution in [2.24, 2.45) is 0 Å². The number of carboxylic acids is 1. The Bertz CT molecular complexity index is 897. The molecule has 1 aromatic carbocycles. The van der Waals surface area contributed by atoms with Crippen molar-refractivity contribution in [1.82, 2.24) is 15.3 Å². The molecule has 0 aliphatic heterocycles. The van der Waals surface area contributed by atoms with Gasteiger partial charge in [0.05, 0.1) is 11.0 Å². The van der Waals surface area contributed by atoms with Gasteiger partial charge in [0.1, 0.15) is 0 Å². The summed E-state index contributed by atoms with van der Waals surface area (Å²) in [6.07, 6.45) is 1.60. The number of benzene rings is 1. The summed E-state index contributed by atoms with van der Waals surface area (Å²) in [4.78, 5) is 49.4. The molecule has 0 fully saturated rings. The standard InChI is InChI=1S/C13H10BrN3O5/c14-7-3-6(5-15-9(18)1-2-10(19)20)11-8(4-7)16-12(21)13(22)17-11/h1-4H,5H2,(H,15,18)(H,16,21)(H,17,22)(H,19,20)/b2-1+. The van der Waals surface area contributed by atoms with E-state index in [1.807, 2.05) is 0 Å². The first-order chi connectivity index (χ1) is 10.4. The Morgan fingerprint density at radius 2 is 1.86 bits per heavy atom. The lowest BCUT2D eigenvalue weighted by molar-refractivity contribution is -0.131. The summed E-state index contributed by atoms with van der Waals surface area (Å²) in [5.74, 6) is -1.83. The molecular weight excluding hydrogens is 358 g/mol. The molecule has 22 heavy (non-hydrogen) atoms. The first-order valence-electron chi connectivity index (χ1n) is 6.00. The van der Waals surface area contributed by atoms with Crippen molar-refractivity contribution in [2.45, 2.75) is 6.54 Å². The van der Waals surface area contributed by atoms with Crippen LogP contribution in [0.4, 0.5) is 0 Å². The maximum atomic E-state index is 11.5. The first kappa shape index (κ1) is 15.7. The van der Waals surface area contributed by atoms with Gasteiger partial charge < -0.3 is 20.4 Å². The zero-order valence-electron chi connectivity index (χ0n) is 11.0. The highest BCUT2D eigenvalue weighted by atomic mass is 79.9. The molecule has 0 spiro atoms. The lowest BCUT2D eigenvalue weighted by Crippen LogP contribution is -2.29. The molecule has 2 aromatic rings. The Hall–Kier alpha value is -2.68. The predicted molar refractivity (Wildman–Crippen MR) is 81.5 cm³/mol. The van der Waals surface area contributed by atoms with E-state index in [1.165, 1.54) is 0 Å². The molecule has 0 aliphatic rings. The number of carbonyl (C=O) groups excluding carboxylic acids is 1. The molecule has 2 rings (SSSR count). The van der Waals surface area contributed by atoms with Crippen LogP contribution in [0.1, 0.15) is 5.56 Å². The first-order valence-corrected chi connectivity index (χ1v) is 6.79. The van der Waals surface area contributed by atoms with E-state index in [9.17, 15) is 19.2 Å². The van der Waals surface area contributed by atoms with Gasteiger partial charge in [-0.15, -0.1) is 0 Å². The van der Waals surface area contributed by atoms with Crippen LogP contribution in [0.3, 0.4) is 0 Å². The van der Waals surface area contributed by atoms with Gasteiger partial charge in [0.2, 0.25) is 5.91 Å². The van der Waals surface area contributed by atoms with E-state index in [0.717, 1.165) is 6.08 Å². The van der Waals surface area contributed by atoms with Crippen LogP contribution in [0.15, 0.2) is 38.3 Å². The van der Waals surface area contributed by atoms with Gasteiger partial charge in [-0.2, -0.15) is 0 Å². The van der Waals surface area contributed by atoms with Crippen molar-refractivity contribution in [1.29, 1.82) is 0 Å². The number of fused-ring (bicyclic) bond motifs is 1. The monoisotopic (exact) mass is 367 g/mol. The molecule has 0 bridgehead atoms. The smallest absolute Gasteiger partial charge is 0.328 e. The van der Waals surface area contributed by atoms with Gasteiger partial charge in [0.15, 0.2) is 0 Å². The van der Waals surface area contributed by atoms with E-state index >= 15 is 0 Å². The van der Waals surface area contributed by atoms with E-state index in [-0.39, 0.29) is 6.54 Å². The molecule has 1 heterocycles. The third-order valence-electron chi connectivity index (χ3n) is 2.71. The summed E-state index contributed by atoms with van der Waals surface area (Å²) in [6.45, 7) is 0.0424. The molecule has 1 aromatic heterocycles. The fourth-order valence-electron chi connectivity index (χ4n) is 1.79. The number of hydrogen-bond acceptors (Lipinski definition) is 4. The van der Waals surface area contributed by atoms with E-state index in [0.29, 0.717) is 27.1 Å². The number of H-pyrrole nitrogens is 2. The number of nitrogens with one attached hydrogen (secondary N) is 3. The normalized spacial score (nSPS) is 11.0. The van der Waals surface area contributed by atoms with Gasteiger partial charge in [-0.25, -0.2) is 4.79 Å². The number of aromatic nitrogens is 2. The topological polar surface area (TPSA) is 132 Å². The fourth-order valence-corrected chi connectivity index (χ4v) is 2.29. The SMILES string of the molecule is O=C(O)/C=C/C(=O)NCc1cc(Br)cc2[nH]c(=O)c(=O)[nH]c12. The second-order valence-corrected chi connectivity index (χ2v) is 5.20. The van der Waals surface area contributed by atoms with Crippen molar-refractivity contribution in [3.63, 3.8) is 0 Å². The average molecular weight is 368 g/mol. The highest BCUT2D eigenvalue weighted by Gasteiger charge is 2.08. The van der Waals surface area contributed by atoms with Crippen LogP contribution < -0.4 is 16.4 Å². The van der Waals surface area contributed by atoms with E-state index in [1.54, 1.807) is 12.1 Å². The van der Waals surface area contributed by atoms with Crippen molar-refractivity contribution in [2.75, 3.05) is 0 Å². The summed E-state index contributed by atoms with van der Waals surface area (Å²) in [6, 6.07) is 3.28. The van der Waals surface area contributed by atoms with Crippen LogP contribution in [-0.2, 0) is 16.1 Å². The molecule has 1 amide bonds. The fraction of sp³-hybridized carbons (Fsp3) is 0.0769. The molecule has 0 radical (unpaired) electrons. The number of aliphatic carboxylic acids is 1. The summed E-state index contributed by atoms with van der Waals surface area (Å²) in [5, 5.41) is 10.9. The van der Waals surface area contributed by atoms with Crippen LogP contribution >= 0.6 is 15.9 Å². The summed E-state index contributed by atoms with van der Waals surface area (Å²) in [7, 11) is 0. The summed E-state index contributed by atoms with van der Waals surface area (Å²) >= 11 is 3.26. The van der Waals surface area contributed by atoms with Crippen molar-refractivity contribution in [3.8, 4) is 0 Å². The number of hydrogen-bond donors (Lipinski definition) is 4. The van der Waals surface area contributed by atoms with Crippen LogP contribution in [0.5, 0.6) is 0 Å². The van der Waals surface area contributed by atoms with Gasteiger partial charge in [-0.1, -0.05) is 15.9 Å². The molecule has 0 saturated heterocycles. The second kappa shape index (κ2) is 6.39. The third-order valence-corrected chi connectivity index (χ3v) is 3.17. The molecule has 4 N–H and O–H groups in total. The Morgan fingerprint density at radius 1 is 1.18 bits per heavy atom. The van der Waals surface area contributed by atoms with Crippen LogP contribution in [0, 0.1) is 0 Å². The molecular formula is C13H10BrN3O5. The number of amides is 1. The minimum atomic E-state index is -1.23. The molecule has 0 atom stereocenters. The number of aromatic amines is 2. The van der Waals surface area contributed by atoms with Crippen molar-refractivity contribution in [3.05, 3.63) is 55.0 Å². The second-order valence-electron chi connectivity index (χ2n) is 4.29. The Balaban J connectivity index is 2.33. The molecule has 8 nitrogen and oxygen atoms in total. The minimum absolute atomic E-state index is 0.0424. The lowest BCUT2D eigenvalue weighted by atomic mass is 10.1. The quantitative estimate of drug-likeness (QED) is 0.453. The van der Waals surface area contributed by atoms with Crippen molar-refractivity contribution < 1.29 is 14.7 Å². The highest BCUT2D eigenvalue weighted by Crippen LogP contribution is 2.20. The van der Waals surface area contributed by atoms with Crippen LogP contribution in [-0.4, -0.2) is 27.0 Å². The van der Waals surface area contributed by atoms with Gasteiger partial charge in [0.25, 0.3) is 0 Å². The van der Waals surface area contributed by atoms with Crippen LogP contribution in [0.25, 0.3) is 11.0 Å². The number of carboxylic acid groups (broad SMARTS) is 1. The summed E-state index contributed by atoms with van der Waals surface area (Å²) < 4.78 is 0.646. The third kappa shape index (κ3) is 3.70. The van der Waals surface area contributed by atoms with Gasteiger partial charge >= 0.3 is 17.1 Å². The van der Waals surface area contributed by atoms with Gasteiger partial charge in [-0.3, -0.25) is 14.4 Å². The molecule has 9 heteroatoms. The minimum Gasteiger partial charge on any atom is -0.478 e. The maximum Gasteiger partial charge on any atom is 0.328 e. The largest absolute Gasteiger partial charge is 0.478 e. The van der Waals surface area contributed by atoms with E-state index < -0.39 is 23.0 Å². The van der Waals surface area contributed by atoms with Crippen LogP contribution in [0.2, 0.25) is 0 Å². The van der Waals surface area contributed by atoms with Gasteiger partial charge in [0, 0.05) is 23.2 Å². The van der Waals surface area contributed by atoms with Gasteiger partial charge in [-0.05, 0) is 17.7 Å². The van der Waals surface area contributed by atoms with E-state index in [4.69, 9.17) is 5.11 Å². The molecule has 0 unspecified atom stereocenters. The maximum absolute atomic E-state index is 11.5. The highest BCUT2D eigenvalue weighted by molar-refractivity contribution is 9.10. The Kier molecular flexibility index (Phi) is 4.56. The zero-order valence-corrected chi connectivity index (χ0v) is 12.6. The molecule has 0 saturated carbocycles. The number of rotatable bonds is 4. The lowest BCUT2D eigenvalue weighted by Gasteiger charge is -2.07. The predicted octanol–water partition coefficient (Wildman–Crippen LogP) is 0.236. The summed E-state index contributed by atoms with van der Waals surface area (Å²) in [5.41, 5.74) is -0.229. The number of halogens is 1. The van der Waals surface area contributed by atoms with E-state index in [2.05, 4.69) is 31.2 Å². The zero-order chi connectivity index (χ0) is 16.3. The average Bonchev–Trinajstić information content (AvgIpc) is 2.44. The number of carbonyl (C=O) groups is 2. The Labute approximate surface area is 131 Å². The molecule has 0 aliphatic carbocycles. The Morgan fingerprint density at radius 3 is 2.55 bits per heavy atom.